The number of rotatable bonds is 7. The zero-order valence-corrected chi connectivity index (χ0v) is 8.69. The summed E-state index contributed by atoms with van der Waals surface area (Å²) >= 11 is 0. The SMILES string of the molecule is C=CCC(=O)ONC(CC=C)C(=O)OC. The maximum atomic E-state index is 11.1. The zero-order chi connectivity index (χ0) is 11.7. The summed E-state index contributed by atoms with van der Waals surface area (Å²) in [5, 5.41) is 0. The summed E-state index contributed by atoms with van der Waals surface area (Å²) in [7, 11) is 1.26. The van der Waals surface area contributed by atoms with Gasteiger partial charge >= 0.3 is 11.9 Å². The van der Waals surface area contributed by atoms with E-state index in [0.29, 0.717) is 6.42 Å². The first-order valence-corrected chi connectivity index (χ1v) is 4.40. The van der Waals surface area contributed by atoms with Crippen LogP contribution >= 0.6 is 0 Å². The molecule has 0 saturated carbocycles. The number of methoxy groups -OCH3 is 1. The minimum absolute atomic E-state index is 0.0784. The van der Waals surface area contributed by atoms with Crippen molar-refractivity contribution >= 4 is 11.9 Å². The Labute approximate surface area is 88.7 Å². The molecule has 0 heterocycles. The maximum absolute atomic E-state index is 11.1. The minimum Gasteiger partial charge on any atom is -0.468 e. The number of hydrogen-bond donors (Lipinski definition) is 1. The van der Waals surface area contributed by atoms with Crippen molar-refractivity contribution in [1.29, 1.82) is 0 Å². The van der Waals surface area contributed by atoms with Gasteiger partial charge in [0.1, 0.15) is 6.04 Å². The fourth-order valence-electron chi connectivity index (χ4n) is 0.798. The molecule has 0 radical (unpaired) electrons. The van der Waals surface area contributed by atoms with E-state index in [4.69, 9.17) is 0 Å². The highest BCUT2D eigenvalue weighted by atomic mass is 16.7. The van der Waals surface area contributed by atoms with Crippen LogP contribution in [0.1, 0.15) is 12.8 Å². The number of hydrogen-bond acceptors (Lipinski definition) is 5. The van der Waals surface area contributed by atoms with Gasteiger partial charge in [-0.3, -0.25) is 9.59 Å². The van der Waals surface area contributed by atoms with Gasteiger partial charge in [-0.25, -0.2) is 0 Å². The molecule has 0 bridgehead atoms. The molecule has 1 unspecified atom stereocenters. The predicted molar refractivity (Wildman–Crippen MR) is 54.7 cm³/mol. The lowest BCUT2D eigenvalue weighted by atomic mass is 10.2. The van der Waals surface area contributed by atoms with E-state index in [1.54, 1.807) is 0 Å². The van der Waals surface area contributed by atoms with Crippen molar-refractivity contribution in [3.8, 4) is 0 Å². The molecule has 15 heavy (non-hydrogen) atoms. The molecule has 0 aliphatic carbocycles. The minimum atomic E-state index is -0.721. The standard InChI is InChI=1S/C10H15NO4/c1-4-6-8(10(13)14-3)11-15-9(12)7-5-2/h4-5,8,11H,1-2,6-7H2,3H3. The Morgan fingerprint density at radius 3 is 2.53 bits per heavy atom. The summed E-state index contributed by atoms with van der Waals surface area (Å²) in [4.78, 5) is 26.7. The van der Waals surface area contributed by atoms with E-state index in [1.165, 1.54) is 19.3 Å². The fourth-order valence-corrected chi connectivity index (χ4v) is 0.798. The number of nitrogens with one attached hydrogen (secondary N) is 1. The third-order valence-corrected chi connectivity index (χ3v) is 1.51. The van der Waals surface area contributed by atoms with Crippen molar-refractivity contribution in [2.45, 2.75) is 18.9 Å². The quantitative estimate of drug-likeness (QED) is 0.383. The lowest BCUT2D eigenvalue weighted by Gasteiger charge is -2.13. The van der Waals surface area contributed by atoms with Gasteiger partial charge in [-0.15, -0.1) is 18.6 Å². The maximum Gasteiger partial charge on any atom is 0.328 e. The Hall–Kier alpha value is -1.62. The van der Waals surface area contributed by atoms with E-state index in [1.807, 2.05) is 0 Å². The van der Waals surface area contributed by atoms with Crippen LogP contribution in [0.15, 0.2) is 25.3 Å². The van der Waals surface area contributed by atoms with Crippen LogP contribution in [0.25, 0.3) is 0 Å². The first kappa shape index (κ1) is 13.4. The number of carbonyl (C=O) groups is 2. The Balaban J connectivity index is 4.05. The van der Waals surface area contributed by atoms with Crippen LogP contribution < -0.4 is 5.48 Å². The van der Waals surface area contributed by atoms with E-state index in [2.05, 4.69) is 28.2 Å². The zero-order valence-electron chi connectivity index (χ0n) is 8.69. The molecule has 1 N–H and O–H groups in total. The van der Waals surface area contributed by atoms with Gasteiger partial charge in [0, 0.05) is 0 Å². The second-order valence-corrected chi connectivity index (χ2v) is 2.68. The summed E-state index contributed by atoms with van der Waals surface area (Å²) in [6, 6.07) is -0.721. The summed E-state index contributed by atoms with van der Waals surface area (Å²) in [5.41, 5.74) is 2.31. The molecule has 5 nitrogen and oxygen atoms in total. The van der Waals surface area contributed by atoms with Crippen molar-refractivity contribution in [1.82, 2.24) is 5.48 Å². The van der Waals surface area contributed by atoms with Crippen molar-refractivity contribution in [2.24, 2.45) is 0 Å². The molecule has 0 aromatic rings. The first-order valence-electron chi connectivity index (χ1n) is 4.40. The van der Waals surface area contributed by atoms with E-state index in [9.17, 15) is 9.59 Å². The van der Waals surface area contributed by atoms with E-state index < -0.39 is 18.0 Å². The summed E-state index contributed by atoms with van der Waals surface area (Å²) in [6.07, 6.45) is 3.32. The Bertz CT molecular complexity index is 250. The second kappa shape index (κ2) is 7.75. The van der Waals surface area contributed by atoms with Gasteiger partial charge in [0.05, 0.1) is 13.5 Å². The lowest BCUT2D eigenvalue weighted by molar-refractivity contribution is -0.158. The molecule has 0 amide bonds. The average Bonchev–Trinajstić information content (AvgIpc) is 2.23. The number of ether oxygens (including phenoxy) is 1. The van der Waals surface area contributed by atoms with Gasteiger partial charge in [-0.2, -0.15) is 0 Å². The van der Waals surface area contributed by atoms with Crippen LogP contribution in [0.2, 0.25) is 0 Å². The van der Waals surface area contributed by atoms with Gasteiger partial charge < -0.3 is 9.57 Å². The van der Waals surface area contributed by atoms with Crippen molar-refractivity contribution in [3.63, 3.8) is 0 Å². The fraction of sp³-hybridized carbons (Fsp3) is 0.400. The Morgan fingerprint density at radius 1 is 1.40 bits per heavy atom. The van der Waals surface area contributed by atoms with Crippen LogP contribution in [0.4, 0.5) is 0 Å². The highest BCUT2D eigenvalue weighted by Crippen LogP contribution is 1.96. The smallest absolute Gasteiger partial charge is 0.328 e. The molecule has 0 rings (SSSR count). The molecule has 0 aromatic carbocycles. The molecule has 84 valence electrons. The average molecular weight is 213 g/mol. The first-order chi connectivity index (χ1) is 7.15. The van der Waals surface area contributed by atoms with Gasteiger partial charge in [0.2, 0.25) is 0 Å². The van der Waals surface area contributed by atoms with Crippen LogP contribution in [0.3, 0.4) is 0 Å². The molecule has 0 fully saturated rings. The summed E-state index contributed by atoms with van der Waals surface area (Å²) in [6.45, 7) is 6.86. The largest absolute Gasteiger partial charge is 0.468 e. The van der Waals surface area contributed by atoms with Crippen LogP contribution in [-0.2, 0) is 19.2 Å². The molecule has 1 atom stereocenters. The predicted octanol–water partition coefficient (Wildman–Crippen LogP) is 0.728. The highest BCUT2D eigenvalue weighted by Gasteiger charge is 2.18. The molecular formula is C10H15NO4. The second-order valence-electron chi connectivity index (χ2n) is 2.68. The monoisotopic (exact) mass is 213 g/mol. The van der Waals surface area contributed by atoms with Crippen molar-refractivity contribution in [2.75, 3.05) is 7.11 Å². The van der Waals surface area contributed by atoms with E-state index in [0.717, 1.165) is 0 Å². The third kappa shape index (κ3) is 5.64. The van der Waals surface area contributed by atoms with Crippen LogP contribution in [-0.4, -0.2) is 25.1 Å². The number of hydroxylamine groups is 1. The topological polar surface area (TPSA) is 64.6 Å². The third-order valence-electron chi connectivity index (χ3n) is 1.51. The number of esters is 1. The number of carbonyl (C=O) groups excluding carboxylic acids is 2. The van der Waals surface area contributed by atoms with Crippen molar-refractivity contribution < 1.29 is 19.2 Å². The molecule has 0 aliphatic rings. The normalized spacial score (nSPS) is 11.3. The van der Waals surface area contributed by atoms with Crippen LogP contribution in [0.5, 0.6) is 0 Å². The lowest BCUT2D eigenvalue weighted by Crippen LogP contribution is -2.38. The van der Waals surface area contributed by atoms with Crippen molar-refractivity contribution in [3.05, 3.63) is 25.3 Å². The highest BCUT2D eigenvalue weighted by molar-refractivity contribution is 5.76. The molecule has 5 heteroatoms. The van der Waals surface area contributed by atoms with E-state index >= 15 is 0 Å². The summed E-state index contributed by atoms with van der Waals surface area (Å²) < 4.78 is 4.50. The van der Waals surface area contributed by atoms with Gasteiger partial charge in [0.15, 0.2) is 0 Å². The van der Waals surface area contributed by atoms with Gasteiger partial charge in [0.25, 0.3) is 0 Å². The Morgan fingerprint density at radius 2 is 2.07 bits per heavy atom. The van der Waals surface area contributed by atoms with Gasteiger partial charge in [-0.05, 0) is 6.42 Å². The molecule has 0 spiro atoms. The molecule has 0 aromatic heterocycles. The molecule has 0 aliphatic heterocycles. The van der Waals surface area contributed by atoms with Gasteiger partial charge in [-0.1, -0.05) is 12.2 Å². The summed E-state index contributed by atoms with van der Waals surface area (Å²) in [5.74, 6) is -1.02. The molecule has 0 saturated heterocycles. The van der Waals surface area contributed by atoms with E-state index in [-0.39, 0.29) is 6.42 Å². The van der Waals surface area contributed by atoms with Crippen LogP contribution in [0, 0.1) is 0 Å². The molecular weight excluding hydrogens is 198 g/mol. The Kier molecular flexibility index (Phi) is 6.92.